The predicted octanol–water partition coefficient (Wildman–Crippen LogP) is 5.16. The Labute approximate surface area is 221 Å². The molecular formula is C23H22Cl2N6O2S2. The van der Waals surface area contributed by atoms with E-state index in [9.17, 15) is 14.9 Å². The maximum Gasteiger partial charge on any atom is 0.253 e. The van der Waals surface area contributed by atoms with Crippen molar-refractivity contribution in [3.63, 3.8) is 0 Å². The fourth-order valence-electron chi connectivity index (χ4n) is 3.91. The van der Waals surface area contributed by atoms with Crippen molar-refractivity contribution >= 4 is 63.1 Å². The summed E-state index contributed by atoms with van der Waals surface area (Å²) < 4.78 is 1.73. The monoisotopic (exact) mass is 548 g/mol. The van der Waals surface area contributed by atoms with Crippen LogP contribution in [-0.2, 0) is 24.7 Å². The second-order valence-electron chi connectivity index (χ2n) is 8.08. The number of hydrogen-bond acceptors (Lipinski definition) is 7. The van der Waals surface area contributed by atoms with Gasteiger partial charge in [-0.1, -0.05) is 35.0 Å². The number of aryl methyl sites for hydroxylation is 1. The van der Waals surface area contributed by atoms with Crippen LogP contribution in [-0.4, -0.2) is 32.3 Å². The van der Waals surface area contributed by atoms with Crippen LogP contribution in [0.25, 0.3) is 0 Å². The summed E-state index contributed by atoms with van der Waals surface area (Å²) in [5.74, 6) is 0.0701. The number of fused-ring (bicyclic) bond motifs is 1. The minimum atomic E-state index is -0.453. The Balaban J connectivity index is 1.37. The molecule has 1 aromatic carbocycles. The fraction of sp³-hybridized carbons (Fsp3) is 0.348. The van der Waals surface area contributed by atoms with Crippen molar-refractivity contribution in [2.24, 2.45) is 7.05 Å². The standard InChI is InChI=1S/C23H22Cl2N6O2S2/c1-12(27-21(33)15-8-7-13(24)9-17(15)25)20-29-30-23(31(20)2)34-11-19(32)28-22-16(10-26)14-5-3-4-6-18(14)35-22/h7-9,12H,3-6,11H2,1-2H3,(H,27,33)(H,28,32)/t12-/m0/s1. The molecule has 4 rings (SSSR count). The average molecular weight is 550 g/mol. The predicted molar refractivity (Wildman–Crippen MR) is 138 cm³/mol. The first-order valence-corrected chi connectivity index (χ1v) is 13.5. The van der Waals surface area contributed by atoms with Gasteiger partial charge in [-0.3, -0.25) is 9.59 Å². The first kappa shape index (κ1) is 25.5. The Morgan fingerprint density at radius 3 is 2.80 bits per heavy atom. The molecule has 8 nitrogen and oxygen atoms in total. The molecule has 1 aliphatic carbocycles. The van der Waals surface area contributed by atoms with E-state index in [4.69, 9.17) is 23.2 Å². The molecule has 1 aliphatic rings. The average Bonchev–Trinajstić information content (AvgIpc) is 3.36. The highest BCUT2D eigenvalue weighted by atomic mass is 35.5. The number of nitrogens with one attached hydrogen (secondary N) is 2. The minimum absolute atomic E-state index is 0.112. The molecule has 3 aromatic rings. The van der Waals surface area contributed by atoms with E-state index in [-0.39, 0.29) is 22.6 Å². The Hall–Kier alpha value is -2.58. The molecule has 0 unspecified atom stereocenters. The number of carbonyl (C=O) groups excluding carboxylic acids is 2. The van der Waals surface area contributed by atoms with E-state index in [1.165, 1.54) is 34.0 Å². The summed E-state index contributed by atoms with van der Waals surface area (Å²) in [5.41, 5.74) is 1.98. The summed E-state index contributed by atoms with van der Waals surface area (Å²) in [6.45, 7) is 1.79. The largest absolute Gasteiger partial charge is 0.342 e. The summed E-state index contributed by atoms with van der Waals surface area (Å²) in [4.78, 5) is 26.4. The van der Waals surface area contributed by atoms with Crippen molar-refractivity contribution in [2.45, 2.75) is 43.8 Å². The molecule has 12 heteroatoms. The van der Waals surface area contributed by atoms with Gasteiger partial charge in [0.25, 0.3) is 5.91 Å². The van der Waals surface area contributed by atoms with Gasteiger partial charge in [0.2, 0.25) is 5.91 Å². The number of hydrogen-bond donors (Lipinski definition) is 2. The summed E-state index contributed by atoms with van der Waals surface area (Å²) in [6.07, 6.45) is 4.03. The third kappa shape index (κ3) is 5.64. The molecule has 0 bridgehead atoms. The number of anilines is 1. The van der Waals surface area contributed by atoms with Crippen molar-refractivity contribution in [1.29, 1.82) is 5.26 Å². The van der Waals surface area contributed by atoms with Gasteiger partial charge in [0.05, 0.1) is 27.9 Å². The van der Waals surface area contributed by atoms with Gasteiger partial charge in [-0.2, -0.15) is 5.26 Å². The van der Waals surface area contributed by atoms with Crippen LogP contribution in [0, 0.1) is 11.3 Å². The van der Waals surface area contributed by atoms with E-state index in [0.29, 0.717) is 32.1 Å². The highest BCUT2D eigenvalue weighted by Crippen LogP contribution is 2.37. The van der Waals surface area contributed by atoms with Gasteiger partial charge in [-0.05, 0) is 56.4 Å². The zero-order chi connectivity index (χ0) is 25.1. The summed E-state index contributed by atoms with van der Waals surface area (Å²) in [7, 11) is 1.77. The van der Waals surface area contributed by atoms with E-state index in [2.05, 4.69) is 26.9 Å². The van der Waals surface area contributed by atoms with Gasteiger partial charge >= 0.3 is 0 Å². The molecule has 35 heavy (non-hydrogen) atoms. The van der Waals surface area contributed by atoms with Crippen LogP contribution in [0.15, 0.2) is 23.4 Å². The fourth-order valence-corrected chi connectivity index (χ4v) is 6.37. The van der Waals surface area contributed by atoms with Gasteiger partial charge in [0.1, 0.15) is 11.1 Å². The van der Waals surface area contributed by atoms with E-state index in [0.717, 1.165) is 31.2 Å². The molecule has 0 spiro atoms. The van der Waals surface area contributed by atoms with E-state index < -0.39 is 6.04 Å². The first-order valence-electron chi connectivity index (χ1n) is 10.9. The van der Waals surface area contributed by atoms with Crippen LogP contribution in [0.4, 0.5) is 5.00 Å². The summed E-state index contributed by atoms with van der Waals surface area (Å²) in [6, 6.07) is 6.47. The third-order valence-electron chi connectivity index (χ3n) is 5.65. The molecule has 1 atom stereocenters. The van der Waals surface area contributed by atoms with Gasteiger partial charge in [-0.15, -0.1) is 21.5 Å². The number of amides is 2. The van der Waals surface area contributed by atoms with Crippen LogP contribution in [0.3, 0.4) is 0 Å². The molecule has 182 valence electrons. The number of rotatable bonds is 7. The molecule has 2 N–H and O–H groups in total. The molecule has 0 fully saturated rings. The molecule has 0 saturated heterocycles. The number of aromatic nitrogens is 3. The molecule has 2 aromatic heterocycles. The highest BCUT2D eigenvalue weighted by molar-refractivity contribution is 7.99. The van der Waals surface area contributed by atoms with E-state index >= 15 is 0 Å². The van der Waals surface area contributed by atoms with Crippen molar-refractivity contribution in [3.8, 4) is 6.07 Å². The Morgan fingerprint density at radius 2 is 2.06 bits per heavy atom. The number of carbonyl (C=O) groups is 2. The van der Waals surface area contributed by atoms with Crippen molar-refractivity contribution in [1.82, 2.24) is 20.1 Å². The normalized spacial score (nSPS) is 13.6. The second-order valence-corrected chi connectivity index (χ2v) is 11.0. The lowest BCUT2D eigenvalue weighted by Crippen LogP contribution is -2.28. The van der Waals surface area contributed by atoms with Gasteiger partial charge in [-0.25, -0.2) is 0 Å². The van der Waals surface area contributed by atoms with Crippen molar-refractivity contribution in [3.05, 3.63) is 55.6 Å². The number of halogens is 2. The highest BCUT2D eigenvalue weighted by Gasteiger charge is 2.23. The lowest BCUT2D eigenvalue weighted by atomic mass is 9.96. The zero-order valence-electron chi connectivity index (χ0n) is 19.0. The quantitative estimate of drug-likeness (QED) is 0.394. The van der Waals surface area contributed by atoms with E-state index in [1.54, 1.807) is 30.7 Å². The topological polar surface area (TPSA) is 113 Å². The van der Waals surface area contributed by atoms with Crippen LogP contribution >= 0.6 is 46.3 Å². The van der Waals surface area contributed by atoms with Gasteiger partial charge in [0.15, 0.2) is 11.0 Å². The molecule has 2 heterocycles. The molecule has 0 radical (unpaired) electrons. The SMILES string of the molecule is C[C@H](NC(=O)c1ccc(Cl)cc1Cl)c1nnc(SCC(=O)Nc2sc3c(c2C#N)CCCC3)n1C. The zero-order valence-corrected chi connectivity index (χ0v) is 22.2. The van der Waals surface area contributed by atoms with Crippen molar-refractivity contribution in [2.75, 3.05) is 11.1 Å². The maximum absolute atomic E-state index is 12.6. The number of benzene rings is 1. The molecule has 0 saturated carbocycles. The Kier molecular flexibility index (Phi) is 8.02. The minimum Gasteiger partial charge on any atom is -0.342 e. The van der Waals surface area contributed by atoms with Crippen LogP contribution in [0.1, 0.15) is 58.0 Å². The summed E-state index contributed by atoms with van der Waals surface area (Å²) in [5, 5.41) is 25.5. The Bertz CT molecular complexity index is 1330. The van der Waals surface area contributed by atoms with E-state index in [1.807, 2.05) is 0 Å². The van der Waals surface area contributed by atoms with Gasteiger partial charge in [0, 0.05) is 16.9 Å². The molecule has 0 aliphatic heterocycles. The molecule has 2 amide bonds. The lowest BCUT2D eigenvalue weighted by molar-refractivity contribution is -0.113. The van der Waals surface area contributed by atoms with Gasteiger partial charge < -0.3 is 15.2 Å². The summed E-state index contributed by atoms with van der Waals surface area (Å²) >= 11 is 14.8. The van der Waals surface area contributed by atoms with Crippen LogP contribution in [0.5, 0.6) is 0 Å². The Morgan fingerprint density at radius 1 is 1.29 bits per heavy atom. The number of nitriles is 1. The molecular weight excluding hydrogens is 527 g/mol. The number of nitrogens with zero attached hydrogens (tertiary/aromatic N) is 4. The van der Waals surface area contributed by atoms with Crippen LogP contribution < -0.4 is 10.6 Å². The first-order chi connectivity index (χ1) is 16.8. The third-order valence-corrected chi connectivity index (χ3v) is 8.42. The second kappa shape index (κ2) is 11.0. The van der Waals surface area contributed by atoms with Crippen molar-refractivity contribution < 1.29 is 9.59 Å². The lowest BCUT2D eigenvalue weighted by Gasteiger charge is -2.14. The maximum atomic E-state index is 12.6. The smallest absolute Gasteiger partial charge is 0.253 e. The number of thiophene rings is 1. The van der Waals surface area contributed by atoms with Crippen LogP contribution in [0.2, 0.25) is 10.0 Å². The number of thioether (sulfide) groups is 1.